The van der Waals surface area contributed by atoms with E-state index in [-0.39, 0.29) is 54.2 Å². The molecule has 0 spiro atoms. The smallest absolute Gasteiger partial charge is 0.416 e. The third-order valence-electron chi connectivity index (χ3n) is 11.5. The fraction of sp³-hybridized carbons (Fsp3) is 0.615. The van der Waals surface area contributed by atoms with Crippen LogP contribution in [0, 0.1) is 5.41 Å². The van der Waals surface area contributed by atoms with E-state index in [1.807, 2.05) is 13.8 Å². The van der Waals surface area contributed by atoms with Gasteiger partial charge in [0.1, 0.15) is 6.10 Å². The van der Waals surface area contributed by atoms with Crippen LogP contribution in [0.25, 0.3) is 0 Å². The lowest BCUT2D eigenvalue weighted by molar-refractivity contribution is -0.137. The van der Waals surface area contributed by atoms with E-state index in [9.17, 15) is 27.1 Å². The van der Waals surface area contributed by atoms with Crippen molar-refractivity contribution in [2.75, 3.05) is 38.1 Å². The normalized spacial score (nSPS) is 24.8. The van der Waals surface area contributed by atoms with Crippen LogP contribution in [0.3, 0.4) is 0 Å². The van der Waals surface area contributed by atoms with Gasteiger partial charge in [0.25, 0.3) is 0 Å². The number of likely N-dealkylation sites (tertiary alicyclic amines) is 1. The first kappa shape index (κ1) is 36.9. The van der Waals surface area contributed by atoms with Crippen molar-refractivity contribution in [1.82, 2.24) is 19.9 Å². The maximum atomic E-state index is 17.3. The van der Waals surface area contributed by atoms with Crippen molar-refractivity contribution in [3.63, 3.8) is 0 Å². The first-order valence-electron chi connectivity index (χ1n) is 18.4. The van der Waals surface area contributed by atoms with E-state index in [0.29, 0.717) is 73.0 Å². The Morgan fingerprint density at radius 2 is 1.56 bits per heavy atom. The number of benzene rings is 1. The number of hydrogen-bond acceptors (Lipinski definition) is 7. The number of hydrogen-bond donors (Lipinski definition) is 1. The van der Waals surface area contributed by atoms with E-state index < -0.39 is 35.9 Å². The summed E-state index contributed by atoms with van der Waals surface area (Å²) in [5.74, 6) is -2.35. The molecule has 7 rings (SSSR count). The number of likely N-dealkylation sites (N-methyl/N-ethyl adjacent to an activating group) is 1. The van der Waals surface area contributed by atoms with Crippen LogP contribution < -0.4 is 9.64 Å². The molecule has 2 saturated heterocycles. The molecule has 3 fully saturated rings. The summed E-state index contributed by atoms with van der Waals surface area (Å²) in [6, 6.07) is 4.03. The zero-order valence-electron chi connectivity index (χ0n) is 29.9. The van der Waals surface area contributed by atoms with Crippen molar-refractivity contribution in [3.8, 4) is 5.75 Å². The Morgan fingerprint density at radius 3 is 2.15 bits per heavy atom. The molecule has 2 aromatic heterocycles. The summed E-state index contributed by atoms with van der Waals surface area (Å²) in [4.78, 5) is 18.5. The predicted octanol–water partition coefficient (Wildman–Crippen LogP) is 8.71. The third kappa shape index (κ3) is 7.76. The Morgan fingerprint density at radius 1 is 0.904 bits per heavy atom. The molecular weight excluding hydrogens is 684 g/mol. The van der Waals surface area contributed by atoms with Gasteiger partial charge in [0.05, 0.1) is 29.8 Å². The number of aliphatic hydroxyl groups excluding tert-OH is 1. The minimum absolute atomic E-state index is 0.0291. The lowest BCUT2D eigenvalue weighted by Gasteiger charge is -2.41. The summed E-state index contributed by atoms with van der Waals surface area (Å²) in [5.41, 5.74) is 1.27. The van der Waals surface area contributed by atoms with Gasteiger partial charge in [-0.25, -0.2) is 23.1 Å². The number of rotatable bonds is 7. The molecule has 13 heteroatoms. The number of anilines is 1. The van der Waals surface area contributed by atoms with Crippen LogP contribution in [-0.4, -0.2) is 70.2 Å². The number of alkyl halides is 6. The summed E-state index contributed by atoms with van der Waals surface area (Å²) in [6.45, 7) is 6.99. The standard InChI is InChI=1S/C39H47F6N5O2/c1-37(2)18-29-32(30(51)19-37)31(23-8-13-38(41,42)14-9-23)33(34(40)24-4-6-26(7-5-24)39(43,44)45)35(48-29)25-10-16-50(17-11-25)36-46-20-28(21-47-36)52-27-12-15-49(3)22-27/h4-7,20-21,23,25,27,30,34,51H,8-19,22H2,1-3H3/t27?,30-,34-/m0/s1. The lowest BCUT2D eigenvalue weighted by Crippen LogP contribution is -2.36. The molecule has 1 aromatic carbocycles. The van der Waals surface area contributed by atoms with E-state index >= 15 is 4.39 Å². The average Bonchev–Trinajstić information content (AvgIpc) is 3.50. The number of aliphatic hydroxyl groups is 1. The van der Waals surface area contributed by atoms with Crippen molar-refractivity contribution in [3.05, 3.63) is 75.9 Å². The highest BCUT2D eigenvalue weighted by atomic mass is 19.4. The van der Waals surface area contributed by atoms with Gasteiger partial charge >= 0.3 is 6.18 Å². The maximum Gasteiger partial charge on any atom is 0.416 e. The minimum Gasteiger partial charge on any atom is -0.486 e. The number of nitrogens with zero attached hydrogens (tertiary/aromatic N) is 5. The summed E-state index contributed by atoms with van der Waals surface area (Å²) in [5, 5.41) is 11.6. The quantitative estimate of drug-likeness (QED) is 0.244. The van der Waals surface area contributed by atoms with E-state index in [2.05, 4.69) is 26.8 Å². The van der Waals surface area contributed by atoms with E-state index in [0.717, 1.165) is 43.8 Å². The second-order valence-electron chi connectivity index (χ2n) is 16.1. The summed E-state index contributed by atoms with van der Waals surface area (Å²) in [6.07, 6.45) is -1.47. The van der Waals surface area contributed by atoms with Crippen molar-refractivity contribution in [2.45, 2.75) is 114 Å². The molecule has 0 amide bonds. The van der Waals surface area contributed by atoms with Gasteiger partial charge in [-0.2, -0.15) is 13.2 Å². The Bertz CT molecular complexity index is 1720. The highest BCUT2D eigenvalue weighted by Gasteiger charge is 2.44. The van der Waals surface area contributed by atoms with Crippen molar-refractivity contribution in [1.29, 1.82) is 0 Å². The van der Waals surface area contributed by atoms with Crippen molar-refractivity contribution < 1.29 is 36.2 Å². The number of fused-ring (bicyclic) bond motifs is 1. The van der Waals surface area contributed by atoms with E-state index in [4.69, 9.17) is 9.72 Å². The zero-order chi connectivity index (χ0) is 37.0. The van der Waals surface area contributed by atoms with Crippen molar-refractivity contribution in [2.24, 2.45) is 5.41 Å². The zero-order valence-corrected chi connectivity index (χ0v) is 29.9. The first-order valence-corrected chi connectivity index (χ1v) is 18.4. The monoisotopic (exact) mass is 731 g/mol. The first-order chi connectivity index (χ1) is 24.6. The van der Waals surface area contributed by atoms with Crippen molar-refractivity contribution >= 4 is 5.95 Å². The van der Waals surface area contributed by atoms with E-state index in [1.165, 1.54) is 0 Å². The van der Waals surface area contributed by atoms with Crippen LogP contribution in [0.15, 0.2) is 36.7 Å². The molecule has 3 atom stereocenters. The van der Waals surface area contributed by atoms with Gasteiger partial charge in [0, 0.05) is 61.8 Å². The van der Waals surface area contributed by atoms with Gasteiger partial charge in [0.15, 0.2) is 11.9 Å². The molecular formula is C39H47F6N5O2. The molecule has 282 valence electrons. The number of ether oxygens (including phenoxy) is 1. The van der Waals surface area contributed by atoms with E-state index in [1.54, 1.807) is 12.4 Å². The van der Waals surface area contributed by atoms with Gasteiger partial charge in [-0.15, -0.1) is 0 Å². The molecule has 0 radical (unpaired) electrons. The van der Waals surface area contributed by atoms with Gasteiger partial charge in [0.2, 0.25) is 11.9 Å². The SMILES string of the molecule is CN1CCC(Oc2cnc(N3CCC(c4nc5c(c(C6CCC(F)(F)CC6)c4[C@@H](F)c4ccc(C(F)(F)F)cc4)[C@@H](O)CC(C)(C)C5)CC3)nc2)C1. The van der Waals surface area contributed by atoms with Crippen LogP contribution in [0.5, 0.6) is 5.75 Å². The van der Waals surface area contributed by atoms with Gasteiger partial charge in [-0.1, -0.05) is 26.0 Å². The predicted molar refractivity (Wildman–Crippen MR) is 185 cm³/mol. The molecule has 1 unspecified atom stereocenters. The molecule has 4 heterocycles. The summed E-state index contributed by atoms with van der Waals surface area (Å²) < 4.78 is 92.7. The summed E-state index contributed by atoms with van der Waals surface area (Å²) in [7, 11) is 2.06. The second-order valence-corrected chi connectivity index (χ2v) is 16.1. The number of aromatic nitrogens is 3. The van der Waals surface area contributed by atoms with Crippen LogP contribution >= 0.6 is 0 Å². The maximum absolute atomic E-state index is 17.3. The van der Waals surface area contributed by atoms with Crippen LogP contribution in [-0.2, 0) is 12.6 Å². The number of halogens is 6. The Labute approximate surface area is 300 Å². The Hall–Kier alpha value is -3.45. The minimum atomic E-state index is -4.59. The summed E-state index contributed by atoms with van der Waals surface area (Å²) >= 11 is 0. The molecule has 52 heavy (non-hydrogen) atoms. The molecule has 3 aromatic rings. The number of pyridine rings is 1. The molecule has 4 aliphatic rings. The molecule has 2 aliphatic carbocycles. The van der Waals surface area contributed by atoms with Crippen LogP contribution in [0.1, 0.15) is 129 Å². The molecule has 0 bridgehead atoms. The lowest BCUT2D eigenvalue weighted by atomic mass is 9.68. The molecule has 2 aliphatic heterocycles. The van der Waals surface area contributed by atoms with Crippen LogP contribution in [0.4, 0.5) is 32.3 Å². The second kappa shape index (κ2) is 14.1. The molecule has 1 N–H and O–H groups in total. The molecule has 7 nitrogen and oxygen atoms in total. The molecule has 1 saturated carbocycles. The van der Waals surface area contributed by atoms with Gasteiger partial charge in [-0.3, -0.25) is 4.98 Å². The largest absolute Gasteiger partial charge is 0.486 e. The highest BCUT2D eigenvalue weighted by molar-refractivity contribution is 5.51. The number of piperidine rings is 1. The fourth-order valence-corrected chi connectivity index (χ4v) is 8.79. The van der Waals surface area contributed by atoms with Gasteiger partial charge < -0.3 is 19.6 Å². The Balaban J connectivity index is 1.24. The van der Waals surface area contributed by atoms with Gasteiger partial charge in [-0.05, 0) is 86.6 Å². The third-order valence-corrected chi connectivity index (χ3v) is 11.5. The Kier molecular flexibility index (Phi) is 9.99. The fourth-order valence-electron chi connectivity index (χ4n) is 8.79. The highest BCUT2D eigenvalue weighted by Crippen LogP contribution is 2.52. The average molecular weight is 732 g/mol. The topological polar surface area (TPSA) is 74.6 Å². The van der Waals surface area contributed by atoms with Crippen LogP contribution in [0.2, 0.25) is 0 Å².